The van der Waals surface area contributed by atoms with Gasteiger partial charge in [0, 0.05) is 24.5 Å². The van der Waals surface area contributed by atoms with Crippen LogP contribution in [0.2, 0.25) is 0 Å². The van der Waals surface area contributed by atoms with Crippen molar-refractivity contribution in [3.63, 3.8) is 0 Å². The number of hydrogen-bond donors (Lipinski definition) is 1. The maximum Gasteiger partial charge on any atom is 0.224 e. The van der Waals surface area contributed by atoms with Crippen LogP contribution in [-0.2, 0) is 11.2 Å². The Bertz CT molecular complexity index is 738. The van der Waals surface area contributed by atoms with Gasteiger partial charge in [0.15, 0.2) is 5.78 Å². The molecule has 1 N–H and O–H groups in total. The maximum absolute atomic E-state index is 12.2. The molecular formula is C20H23NO4. The predicted molar refractivity (Wildman–Crippen MR) is 97.6 cm³/mol. The van der Waals surface area contributed by atoms with E-state index < -0.39 is 0 Å². The highest BCUT2D eigenvalue weighted by molar-refractivity contribution is 6.00. The summed E-state index contributed by atoms with van der Waals surface area (Å²) >= 11 is 0. The van der Waals surface area contributed by atoms with Gasteiger partial charge >= 0.3 is 0 Å². The standard InChI is InChI=1S/C20H23NO4/c1-4-14-5-7-15(8-6-14)18(22)11-12-20(23)21-17-10-9-16(24-2)13-19(17)25-3/h5-10,13H,4,11-12H2,1-3H3,(H,21,23). The second-order valence-corrected chi connectivity index (χ2v) is 5.59. The van der Waals surface area contributed by atoms with E-state index in [4.69, 9.17) is 9.47 Å². The molecule has 0 radical (unpaired) electrons. The van der Waals surface area contributed by atoms with Crippen molar-refractivity contribution in [1.29, 1.82) is 0 Å². The van der Waals surface area contributed by atoms with Crippen molar-refractivity contribution in [2.75, 3.05) is 19.5 Å². The van der Waals surface area contributed by atoms with Crippen molar-refractivity contribution < 1.29 is 19.1 Å². The van der Waals surface area contributed by atoms with Crippen molar-refractivity contribution in [2.24, 2.45) is 0 Å². The van der Waals surface area contributed by atoms with Crippen LogP contribution in [0.4, 0.5) is 5.69 Å². The van der Waals surface area contributed by atoms with Gasteiger partial charge < -0.3 is 14.8 Å². The molecule has 5 heteroatoms. The van der Waals surface area contributed by atoms with Crippen molar-refractivity contribution >= 4 is 17.4 Å². The molecule has 2 aromatic carbocycles. The van der Waals surface area contributed by atoms with E-state index in [9.17, 15) is 9.59 Å². The van der Waals surface area contributed by atoms with Crippen LogP contribution in [0.25, 0.3) is 0 Å². The van der Waals surface area contributed by atoms with Gasteiger partial charge in [-0.2, -0.15) is 0 Å². The van der Waals surface area contributed by atoms with E-state index in [-0.39, 0.29) is 24.5 Å². The summed E-state index contributed by atoms with van der Waals surface area (Å²) in [5.41, 5.74) is 2.36. The van der Waals surface area contributed by atoms with Crippen LogP contribution in [0.5, 0.6) is 11.5 Å². The molecule has 0 fully saturated rings. The van der Waals surface area contributed by atoms with Crippen molar-refractivity contribution in [2.45, 2.75) is 26.2 Å². The molecule has 0 aliphatic rings. The molecule has 1 amide bonds. The molecule has 0 aliphatic carbocycles. The van der Waals surface area contributed by atoms with E-state index >= 15 is 0 Å². The zero-order chi connectivity index (χ0) is 18.2. The van der Waals surface area contributed by atoms with Crippen LogP contribution in [0.3, 0.4) is 0 Å². The maximum atomic E-state index is 12.2. The molecule has 25 heavy (non-hydrogen) atoms. The zero-order valence-electron chi connectivity index (χ0n) is 14.8. The zero-order valence-corrected chi connectivity index (χ0v) is 14.8. The van der Waals surface area contributed by atoms with Gasteiger partial charge in [0.25, 0.3) is 0 Å². The van der Waals surface area contributed by atoms with Crippen LogP contribution in [0, 0.1) is 0 Å². The second-order valence-electron chi connectivity index (χ2n) is 5.59. The lowest BCUT2D eigenvalue weighted by Gasteiger charge is -2.11. The van der Waals surface area contributed by atoms with Crippen LogP contribution >= 0.6 is 0 Å². The molecule has 0 bridgehead atoms. The van der Waals surface area contributed by atoms with Crippen LogP contribution < -0.4 is 14.8 Å². The topological polar surface area (TPSA) is 64.6 Å². The van der Waals surface area contributed by atoms with E-state index in [2.05, 4.69) is 12.2 Å². The third-order valence-corrected chi connectivity index (χ3v) is 3.95. The number of Topliss-reactive ketones (excluding diaryl/α,β-unsaturated/α-hetero) is 1. The quantitative estimate of drug-likeness (QED) is 0.740. The molecule has 2 rings (SSSR count). The number of ketones is 1. The highest BCUT2D eigenvalue weighted by atomic mass is 16.5. The Labute approximate surface area is 148 Å². The van der Waals surface area contributed by atoms with Gasteiger partial charge in [0.05, 0.1) is 19.9 Å². The van der Waals surface area contributed by atoms with Crippen LogP contribution in [-0.4, -0.2) is 25.9 Å². The Balaban J connectivity index is 1.92. The SMILES string of the molecule is CCc1ccc(C(=O)CCC(=O)Nc2ccc(OC)cc2OC)cc1. The number of hydrogen-bond acceptors (Lipinski definition) is 4. The lowest BCUT2D eigenvalue weighted by Crippen LogP contribution is -2.14. The first-order chi connectivity index (χ1) is 12.1. The average molecular weight is 341 g/mol. The molecule has 132 valence electrons. The third kappa shape index (κ3) is 5.08. The summed E-state index contributed by atoms with van der Waals surface area (Å²) < 4.78 is 10.4. The molecule has 0 saturated carbocycles. The van der Waals surface area contributed by atoms with E-state index in [1.54, 1.807) is 25.3 Å². The molecule has 5 nitrogen and oxygen atoms in total. The van der Waals surface area contributed by atoms with Gasteiger partial charge in [-0.15, -0.1) is 0 Å². The van der Waals surface area contributed by atoms with Gasteiger partial charge in [0.1, 0.15) is 11.5 Å². The number of amides is 1. The summed E-state index contributed by atoms with van der Waals surface area (Å²) in [6, 6.07) is 12.6. The lowest BCUT2D eigenvalue weighted by atomic mass is 10.0. The summed E-state index contributed by atoms with van der Waals surface area (Å²) in [6.07, 6.45) is 1.21. The Morgan fingerprint density at radius 2 is 1.68 bits per heavy atom. The molecule has 2 aromatic rings. The van der Waals surface area contributed by atoms with E-state index in [0.717, 1.165) is 6.42 Å². The van der Waals surface area contributed by atoms with Gasteiger partial charge in [-0.1, -0.05) is 31.2 Å². The first-order valence-corrected chi connectivity index (χ1v) is 8.21. The minimum Gasteiger partial charge on any atom is -0.497 e. The molecule has 0 unspecified atom stereocenters. The number of benzene rings is 2. The third-order valence-electron chi connectivity index (χ3n) is 3.95. The molecule has 0 atom stereocenters. The molecule has 0 aromatic heterocycles. The van der Waals surface area contributed by atoms with Gasteiger partial charge in [-0.25, -0.2) is 0 Å². The molecule has 0 aliphatic heterocycles. The molecular weight excluding hydrogens is 318 g/mol. The molecule has 0 saturated heterocycles. The summed E-state index contributed by atoms with van der Waals surface area (Å²) in [4.78, 5) is 24.3. The van der Waals surface area contributed by atoms with E-state index in [1.807, 2.05) is 24.3 Å². The van der Waals surface area contributed by atoms with E-state index in [1.165, 1.54) is 12.7 Å². The largest absolute Gasteiger partial charge is 0.497 e. The fourth-order valence-corrected chi connectivity index (χ4v) is 2.41. The lowest BCUT2D eigenvalue weighted by molar-refractivity contribution is -0.116. The minimum atomic E-state index is -0.234. The Kier molecular flexibility index (Phi) is 6.57. The number of ether oxygens (including phenoxy) is 2. The minimum absolute atomic E-state index is 0.0421. The van der Waals surface area contributed by atoms with Gasteiger partial charge in [-0.3, -0.25) is 9.59 Å². The summed E-state index contributed by atoms with van der Waals surface area (Å²) in [5.74, 6) is 0.872. The number of methoxy groups -OCH3 is 2. The Morgan fingerprint density at radius 3 is 2.28 bits per heavy atom. The predicted octanol–water partition coefficient (Wildman–Crippen LogP) is 3.87. The fourth-order valence-electron chi connectivity index (χ4n) is 2.41. The van der Waals surface area contributed by atoms with Crippen LogP contribution in [0.15, 0.2) is 42.5 Å². The first-order valence-electron chi connectivity index (χ1n) is 8.21. The van der Waals surface area contributed by atoms with Crippen molar-refractivity contribution in [1.82, 2.24) is 0 Å². The number of rotatable bonds is 8. The fraction of sp³-hybridized carbons (Fsp3) is 0.300. The molecule has 0 heterocycles. The number of carbonyl (C=O) groups is 2. The second kappa shape index (κ2) is 8.87. The van der Waals surface area contributed by atoms with Crippen molar-refractivity contribution in [3.8, 4) is 11.5 Å². The average Bonchev–Trinajstić information content (AvgIpc) is 2.66. The Morgan fingerprint density at radius 1 is 0.960 bits per heavy atom. The Hall–Kier alpha value is -2.82. The van der Waals surface area contributed by atoms with Gasteiger partial charge in [-0.05, 0) is 24.1 Å². The monoisotopic (exact) mass is 341 g/mol. The van der Waals surface area contributed by atoms with Gasteiger partial charge in [0.2, 0.25) is 5.91 Å². The van der Waals surface area contributed by atoms with Crippen molar-refractivity contribution in [3.05, 3.63) is 53.6 Å². The highest BCUT2D eigenvalue weighted by Crippen LogP contribution is 2.29. The normalized spacial score (nSPS) is 10.2. The number of anilines is 1. The first kappa shape index (κ1) is 18.5. The number of nitrogens with one attached hydrogen (secondary N) is 1. The highest BCUT2D eigenvalue weighted by Gasteiger charge is 2.12. The summed E-state index contributed by atoms with van der Waals surface area (Å²) in [5, 5.41) is 2.77. The molecule has 0 spiro atoms. The summed E-state index contributed by atoms with van der Waals surface area (Å²) in [6.45, 7) is 2.06. The van der Waals surface area contributed by atoms with E-state index in [0.29, 0.717) is 22.7 Å². The summed E-state index contributed by atoms with van der Waals surface area (Å²) in [7, 11) is 3.08. The number of carbonyl (C=O) groups excluding carboxylic acids is 2. The van der Waals surface area contributed by atoms with Crippen LogP contribution in [0.1, 0.15) is 35.7 Å². The smallest absolute Gasteiger partial charge is 0.224 e. The number of aryl methyl sites for hydroxylation is 1.